The summed E-state index contributed by atoms with van der Waals surface area (Å²) in [6.07, 6.45) is 0.215. The van der Waals surface area contributed by atoms with Crippen LogP contribution in [0.3, 0.4) is 0 Å². The molecule has 9 nitrogen and oxygen atoms in total. The summed E-state index contributed by atoms with van der Waals surface area (Å²) in [4.78, 5) is 34.0. The van der Waals surface area contributed by atoms with Gasteiger partial charge in [-0.3, -0.25) is 14.5 Å². The predicted octanol–water partition coefficient (Wildman–Crippen LogP) is 1.81. The lowest BCUT2D eigenvalue weighted by atomic mass is 10.2. The zero-order valence-electron chi connectivity index (χ0n) is 17.3. The molecule has 164 valence electrons. The number of nitrogens with two attached hydrogens (primary N) is 1. The number of amides is 1. The Morgan fingerprint density at radius 1 is 1.16 bits per heavy atom. The average molecular weight is 444 g/mol. The molecule has 1 aromatic heterocycles. The summed E-state index contributed by atoms with van der Waals surface area (Å²) in [6, 6.07) is 12.9. The third kappa shape index (κ3) is 5.97. The summed E-state index contributed by atoms with van der Waals surface area (Å²) in [7, 11) is -3.78. The fourth-order valence-corrected chi connectivity index (χ4v) is 3.63. The van der Waals surface area contributed by atoms with Crippen LogP contribution in [0.5, 0.6) is 0 Å². The lowest BCUT2D eigenvalue weighted by molar-refractivity contribution is -0.116. The van der Waals surface area contributed by atoms with Crippen LogP contribution in [-0.4, -0.2) is 41.8 Å². The third-order valence-electron chi connectivity index (χ3n) is 4.84. The van der Waals surface area contributed by atoms with Crippen molar-refractivity contribution in [3.05, 3.63) is 64.7 Å². The number of anilines is 1. The van der Waals surface area contributed by atoms with Crippen molar-refractivity contribution in [3.63, 3.8) is 0 Å². The molecule has 0 bridgehead atoms. The van der Waals surface area contributed by atoms with Crippen LogP contribution in [0.4, 0.5) is 5.69 Å². The number of aromatic amines is 1. The van der Waals surface area contributed by atoms with Crippen LogP contribution in [0.2, 0.25) is 0 Å². The molecule has 0 aliphatic heterocycles. The number of hydrogen-bond donors (Lipinski definition) is 3. The van der Waals surface area contributed by atoms with Crippen LogP contribution in [0, 0.1) is 0 Å². The van der Waals surface area contributed by atoms with Gasteiger partial charge in [0, 0.05) is 24.7 Å². The number of aromatic nitrogens is 2. The molecule has 0 saturated heterocycles. The summed E-state index contributed by atoms with van der Waals surface area (Å²) >= 11 is 0. The highest BCUT2D eigenvalue weighted by Gasteiger charge is 2.15. The van der Waals surface area contributed by atoms with Gasteiger partial charge in [0.2, 0.25) is 15.9 Å². The van der Waals surface area contributed by atoms with Crippen LogP contribution < -0.4 is 16.0 Å². The van der Waals surface area contributed by atoms with Gasteiger partial charge in [-0.2, -0.15) is 0 Å². The molecule has 0 saturated carbocycles. The van der Waals surface area contributed by atoms with Crippen LogP contribution in [0.25, 0.3) is 10.9 Å². The zero-order chi connectivity index (χ0) is 22.6. The van der Waals surface area contributed by atoms with Gasteiger partial charge in [-0.25, -0.2) is 18.5 Å². The van der Waals surface area contributed by atoms with Gasteiger partial charge in [0.05, 0.1) is 22.3 Å². The van der Waals surface area contributed by atoms with Crippen molar-refractivity contribution < 1.29 is 13.2 Å². The van der Waals surface area contributed by atoms with E-state index in [1.807, 2.05) is 24.8 Å². The second kappa shape index (κ2) is 9.38. The molecule has 0 fully saturated rings. The van der Waals surface area contributed by atoms with E-state index < -0.39 is 10.0 Å². The molecule has 3 rings (SSSR count). The fourth-order valence-electron chi connectivity index (χ4n) is 3.12. The minimum Gasteiger partial charge on any atom is -0.326 e. The topological polar surface area (TPSA) is 138 Å². The number of nitrogens with zero attached hydrogens (tertiary/aromatic N) is 2. The molecule has 2 aromatic carbocycles. The molecule has 10 heteroatoms. The van der Waals surface area contributed by atoms with Gasteiger partial charge >= 0.3 is 0 Å². The Kier molecular flexibility index (Phi) is 6.84. The summed E-state index contributed by atoms with van der Waals surface area (Å²) in [5.41, 5.74) is 0.921. The Balaban J connectivity index is 1.63. The van der Waals surface area contributed by atoms with Crippen LogP contribution in [-0.2, 0) is 21.4 Å². The van der Waals surface area contributed by atoms with E-state index in [9.17, 15) is 18.0 Å². The highest BCUT2D eigenvalue weighted by atomic mass is 32.2. The minimum absolute atomic E-state index is 0.0200. The number of sulfonamides is 1. The number of rotatable bonds is 8. The van der Waals surface area contributed by atoms with E-state index in [2.05, 4.69) is 15.3 Å². The number of fused-ring (bicyclic) bond motifs is 1. The fraction of sp³-hybridized carbons (Fsp3) is 0.286. The molecular weight excluding hydrogens is 418 g/mol. The number of H-pyrrole nitrogens is 1. The van der Waals surface area contributed by atoms with Crippen molar-refractivity contribution in [2.24, 2.45) is 5.14 Å². The Bertz CT molecular complexity index is 1240. The zero-order valence-corrected chi connectivity index (χ0v) is 18.1. The molecular formula is C21H25N5O4S. The number of carbonyl (C=O) groups excluding carboxylic acids is 1. The summed E-state index contributed by atoms with van der Waals surface area (Å²) < 4.78 is 22.6. The number of nitrogens with one attached hydrogen (secondary N) is 2. The largest absolute Gasteiger partial charge is 0.326 e. The van der Waals surface area contributed by atoms with Crippen molar-refractivity contribution in [1.82, 2.24) is 14.9 Å². The average Bonchev–Trinajstić information content (AvgIpc) is 2.70. The smallest absolute Gasteiger partial charge is 0.258 e. The number of carbonyl (C=O) groups is 1. The maximum atomic E-state index is 12.3. The first-order valence-electron chi connectivity index (χ1n) is 9.78. The normalized spacial score (nSPS) is 11.9. The first kappa shape index (κ1) is 22.6. The van der Waals surface area contributed by atoms with Crippen molar-refractivity contribution in [2.75, 3.05) is 11.9 Å². The molecule has 0 atom stereocenters. The standard InChI is InChI=1S/C21H25N5O4S/c1-14(2)26(13-19-24-18-6-4-3-5-17(18)21(28)25-19)12-11-20(27)23-15-7-9-16(10-8-15)31(22,29)30/h3-10,14H,11-13H2,1-2H3,(H,23,27)(H2,22,29,30)(H,24,25,28). The highest BCUT2D eigenvalue weighted by Crippen LogP contribution is 2.14. The van der Waals surface area contributed by atoms with E-state index in [1.54, 1.807) is 18.2 Å². The number of para-hydroxylation sites is 1. The van der Waals surface area contributed by atoms with E-state index in [0.717, 1.165) is 0 Å². The van der Waals surface area contributed by atoms with Gasteiger partial charge in [0.15, 0.2) is 0 Å². The van der Waals surface area contributed by atoms with Crippen molar-refractivity contribution in [1.29, 1.82) is 0 Å². The van der Waals surface area contributed by atoms with Gasteiger partial charge in [-0.15, -0.1) is 0 Å². The second-order valence-corrected chi connectivity index (χ2v) is 9.02. The van der Waals surface area contributed by atoms with E-state index in [4.69, 9.17) is 5.14 Å². The van der Waals surface area contributed by atoms with E-state index >= 15 is 0 Å². The van der Waals surface area contributed by atoms with Crippen molar-refractivity contribution in [2.45, 2.75) is 37.8 Å². The quantitative estimate of drug-likeness (QED) is 0.485. The molecule has 4 N–H and O–H groups in total. The van der Waals surface area contributed by atoms with Crippen molar-refractivity contribution >= 4 is 32.5 Å². The third-order valence-corrected chi connectivity index (χ3v) is 5.77. The lowest BCUT2D eigenvalue weighted by Gasteiger charge is -2.25. The van der Waals surface area contributed by atoms with E-state index in [0.29, 0.717) is 35.5 Å². The van der Waals surface area contributed by atoms with Gasteiger partial charge < -0.3 is 10.3 Å². The summed E-state index contributed by atoms with van der Waals surface area (Å²) in [5, 5.41) is 8.35. The molecule has 0 radical (unpaired) electrons. The molecule has 0 spiro atoms. The molecule has 0 unspecified atom stereocenters. The number of primary sulfonamides is 1. The SMILES string of the molecule is CC(C)N(CCC(=O)Nc1ccc(S(N)(=O)=O)cc1)Cc1nc2ccccc2c(=O)[nH]1. The first-order valence-corrected chi connectivity index (χ1v) is 11.3. The maximum absolute atomic E-state index is 12.3. The Hall–Kier alpha value is -3.08. The van der Waals surface area contributed by atoms with Crippen LogP contribution in [0.1, 0.15) is 26.1 Å². The Labute approximate surface area is 180 Å². The number of hydrogen-bond acceptors (Lipinski definition) is 6. The molecule has 31 heavy (non-hydrogen) atoms. The molecule has 3 aromatic rings. The van der Waals surface area contributed by atoms with Gasteiger partial charge in [-0.05, 0) is 50.2 Å². The lowest BCUT2D eigenvalue weighted by Crippen LogP contribution is -2.34. The minimum atomic E-state index is -3.78. The van der Waals surface area contributed by atoms with Gasteiger partial charge in [0.1, 0.15) is 5.82 Å². The summed E-state index contributed by atoms with van der Waals surface area (Å²) in [5.74, 6) is 0.324. The van der Waals surface area contributed by atoms with Gasteiger partial charge in [0.25, 0.3) is 5.56 Å². The highest BCUT2D eigenvalue weighted by molar-refractivity contribution is 7.89. The maximum Gasteiger partial charge on any atom is 0.258 e. The van der Waals surface area contributed by atoms with Crippen LogP contribution >= 0.6 is 0 Å². The molecule has 0 aliphatic rings. The Morgan fingerprint density at radius 2 is 1.84 bits per heavy atom. The van der Waals surface area contributed by atoms with Crippen molar-refractivity contribution in [3.8, 4) is 0 Å². The van der Waals surface area contributed by atoms with Gasteiger partial charge in [-0.1, -0.05) is 12.1 Å². The summed E-state index contributed by atoms with van der Waals surface area (Å²) in [6.45, 7) is 4.86. The second-order valence-electron chi connectivity index (χ2n) is 7.46. The monoisotopic (exact) mass is 443 g/mol. The number of benzene rings is 2. The van der Waals surface area contributed by atoms with E-state index in [-0.39, 0.29) is 28.8 Å². The Morgan fingerprint density at radius 3 is 2.48 bits per heavy atom. The first-order chi connectivity index (χ1) is 14.6. The molecule has 0 aliphatic carbocycles. The predicted molar refractivity (Wildman–Crippen MR) is 119 cm³/mol. The molecule has 1 heterocycles. The van der Waals surface area contributed by atoms with E-state index in [1.165, 1.54) is 24.3 Å². The van der Waals surface area contributed by atoms with Crippen LogP contribution in [0.15, 0.2) is 58.2 Å². The molecule has 1 amide bonds.